The third-order valence-electron chi connectivity index (χ3n) is 6.94. The molecular formula is C23H23F3O4. The summed E-state index contributed by atoms with van der Waals surface area (Å²) in [5.74, 6) is -1.36. The quantitative estimate of drug-likeness (QED) is 0.380. The zero-order chi connectivity index (χ0) is 21.8. The van der Waals surface area contributed by atoms with Gasteiger partial charge in [-0.2, -0.15) is 13.2 Å². The molecule has 0 spiro atoms. The number of rotatable bonds is 2. The molecule has 1 aromatic carbocycles. The van der Waals surface area contributed by atoms with Gasteiger partial charge in [0.25, 0.3) is 0 Å². The Bertz CT molecular complexity index is 948. The molecule has 30 heavy (non-hydrogen) atoms. The van der Waals surface area contributed by atoms with Crippen LogP contribution in [0.4, 0.5) is 13.2 Å². The van der Waals surface area contributed by atoms with E-state index < -0.39 is 29.2 Å². The van der Waals surface area contributed by atoms with Crippen LogP contribution in [0, 0.1) is 17.3 Å². The molecular weight excluding hydrogens is 397 g/mol. The number of carbonyl (C=O) groups is 2. The highest BCUT2D eigenvalue weighted by atomic mass is 19.4. The van der Waals surface area contributed by atoms with Crippen LogP contribution in [0.2, 0.25) is 0 Å². The van der Waals surface area contributed by atoms with Crippen LogP contribution in [0.1, 0.15) is 49.0 Å². The Kier molecular flexibility index (Phi) is 4.83. The second-order valence-corrected chi connectivity index (χ2v) is 8.68. The van der Waals surface area contributed by atoms with E-state index in [-0.39, 0.29) is 29.5 Å². The van der Waals surface area contributed by atoms with Crippen LogP contribution in [0.3, 0.4) is 0 Å². The number of carbonyl (C=O) groups excluding carboxylic acids is 2. The highest BCUT2D eigenvalue weighted by Crippen LogP contribution is 2.57. The summed E-state index contributed by atoms with van der Waals surface area (Å²) in [6, 6.07) is 4.25. The van der Waals surface area contributed by atoms with Crippen molar-refractivity contribution in [3.05, 3.63) is 59.2 Å². The summed E-state index contributed by atoms with van der Waals surface area (Å²) in [5.41, 5.74) is 0.0456. The zero-order valence-electron chi connectivity index (χ0n) is 16.8. The maximum Gasteiger partial charge on any atom is 0.416 e. The molecule has 4 nitrogen and oxygen atoms in total. The van der Waals surface area contributed by atoms with E-state index in [2.05, 4.69) is 6.58 Å². The molecule has 0 aromatic heterocycles. The third-order valence-corrected chi connectivity index (χ3v) is 6.94. The molecule has 0 radical (unpaired) electrons. The fraction of sp³-hybridized carbons (Fsp3) is 0.478. The van der Waals surface area contributed by atoms with E-state index in [1.807, 2.05) is 19.9 Å². The van der Waals surface area contributed by atoms with Crippen molar-refractivity contribution in [3.63, 3.8) is 0 Å². The molecule has 0 unspecified atom stereocenters. The van der Waals surface area contributed by atoms with Crippen molar-refractivity contribution in [2.75, 3.05) is 0 Å². The number of hydrogen-bond acceptors (Lipinski definition) is 4. The van der Waals surface area contributed by atoms with Crippen LogP contribution in [0.25, 0.3) is 0 Å². The Hall–Kier alpha value is -2.57. The first kappa shape index (κ1) is 20.7. The SMILES string of the molecule is C=C1C(=O)O[C@@H]2[C@H]3C(C)=CC[C@@H](OC(=O)c4cccc(C(F)(F)F)c4)[C@]3(C)CC[C@@H]12. The lowest BCUT2D eigenvalue weighted by Gasteiger charge is -2.52. The van der Waals surface area contributed by atoms with Crippen molar-refractivity contribution in [3.8, 4) is 0 Å². The zero-order valence-corrected chi connectivity index (χ0v) is 16.8. The first-order valence-corrected chi connectivity index (χ1v) is 9.97. The molecule has 1 saturated heterocycles. The molecule has 7 heteroatoms. The smallest absolute Gasteiger partial charge is 0.416 e. The van der Waals surface area contributed by atoms with Gasteiger partial charge in [0.1, 0.15) is 12.2 Å². The van der Waals surface area contributed by atoms with E-state index in [9.17, 15) is 22.8 Å². The summed E-state index contributed by atoms with van der Waals surface area (Å²) in [6.07, 6.45) is -1.60. The van der Waals surface area contributed by atoms with Gasteiger partial charge in [-0.05, 0) is 38.0 Å². The van der Waals surface area contributed by atoms with Gasteiger partial charge in [-0.3, -0.25) is 0 Å². The Morgan fingerprint density at radius 1 is 1.33 bits per heavy atom. The number of alkyl halides is 3. The molecule has 5 atom stereocenters. The largest absolute Gasteiger partial charge is 0.458 e. The second kappa shape index (κ2) is 7.00. The van der Waals surface area contributed by atoms with Crippen LogP contribution < -0.4 is 0 Å². The van der Waals surface area contributed by atoms with Crippen molar-refractivity contribution in [2.24, 2.45) is 17.3 Å². The van der Waals surface area contributed by atoms with Crippen molar-refractivity contribution in [2.45, 2.75) is 51.5 Å². The van der Waals surface area contributed by atoms with Gasteiger partial charge in [0.15, 0.2) is 0 Å². The summed E-state index contributed by atoms with van der Waals surface area (Å²) >= 11 is 0. The molecule has 1 saturated carbocycles. The van der Waals surface area contributed by atoms with Crippen LogP contribution >= 0.6 is 0 Å². The van der Waals surface area contributed by atoms with E-state index >= 15 is 0 Å². The van der Waals surface area contributed by atoms with E-state index in [4.69, 9.17) is 9.47 Å². The average Bonchev–Trinajstić information content (AvgIpc) is 2.97. The molecule has 2 fully saturated rings. The molecule has 1 aliphatic heterocycles. The maximum atomic E-state index is 13.0. The Balaban J connectivity index is 1.60. The lowest BCUT2D eigenvalue weighted by Crippen LogP contribution is -2.53. The summed E-state index contributed by atoms with van der Waals surface area (Å²) < 4.78 is 50.4. The minimum absolute atomic E-state index is 0.0585. The highest BCUT2D eigenvalue weighted by molar-refractivity contribution is 5.91. The van der Waals surface area contributed by atoms with Gasteiger partial charge < -0.3 is 9.47 Å². The van der Waals surface area contributed by atoms with Gasteiger partial charge in [0.2, 0.25) is 0 Å². The number of benzene rings is 1. The normalized spacial score (nSPS) is 33.3. The van der Waals surface area contributed by atoms with Crippen molar-refractivity contribution in [1.29, 1.82) is 0 Å². The van der Waals surface area contributed by atoms with Gasteiger partial charge in [-0.1, -0.05) is 31.2 Å². The van der Waals surface area contributed by atoms with Gasteiger partial charge in [0.05, 0.1) is 11.1 Å². The molecule has 0 bridgehead atoms. The highest BCUT2D eigenvalue weighted by Gasteiger charge is 2.58. The van der Waals surface area contributed by atoms with E-state index in [1.54, 1.807) is 0 Å². The molecule has 0 amide bonds. The molecule has 3 aliphatic rings. The van der Waals surface area contributed by atoms with Crippen molar-refractivity contribution >= 4 is 11.9 Å². The second-order valence-electron chi connectivity index (χ2n) is 8.68. The Morgan fingerprint density at radius 2 is 2.07 bits per heavy atom. The molecule has 1 aromatic rings. The summed E-state index contributed by atoms with van der Waals surface area (Å²) in [4.78, 5) is 24.8. The summed E-state index contributed by atoms with van der Waals surface area (Å²) in [7, 11) is 0. The fourth-order valence-corrected chi connectivity index (χ4v) is 5.30. The molecule has 2 aliphatic carbocycles. The van der Waals surface area contributed by atoms with Gasteiger partial charge in [-0.15, -0.1) is 0 Å². The lowest BCUT2D eigenvalue weighted by atomic mass is 9.55. The average molecular weight is 420 g/mol. The predicted molar refractivity (Wildman–Crippen MR) is 102 cm³/mol. The molecule has 160 valence electrons. The van der Waals surface area contributed by atoms with Gasteiger partial charge in [0, 0.05) is 29.2 Å². The molecule has 1 heterocycles. The van der Waals surface area contributed by atoms with Crippen molar-refractivity contribution in [1.82, 2.24) is 0 Å². The lowest BCUT2D eigenvalue weighted by molar-refractivity contribution is -0.149. The first-order valence-electron chi connectivity index (χ1n) is 9.97. The van der Waals surface area contributed by atoms with Crippen LogP contribution in [0.15, 0.2) is 48.1 Å². The number of ether oxygens (including phenoxy) is 2. The van der Waals surface area contributed by atoms with Crippen LogP contribution in [-0.4, -0.2) is 24.1 Å². The maximum absolute atomic E-state index is 13.0. The van der Waals surface area contributed by atoms with E-state index in [0.717, 1.165) is 17.7 Å². The fourth-order valence-electron chi connectivity index (χ4n) is 5.30. The van der Waals surface area contributed by atoms with Gasteiger partial charge in [-0.25, -0.2) is 9.59 Å². The minimum Gasteiger partial charge on any atom is -0.458 e. The van der Waals surface area contributed by atoms with E-state index in [1.165, 1.54) is 12.1 Å². The third kappa shape index (κ3) is 3.24. The topological polar surface area (TPSA) is 52.6 Å². The summed E-state index contributed by atoms with van der Waals surface area (Å²) in [6.45, 7) is 7.85. The summed E-state index contributed by atoms with van der Waals surface area (Å²) in [5, 5.41) is 0. The van der Waals surface area contributed by atoms with Gasteiger partial charge >= 0.3 is 18.1 Å². The standard InChI is InChI=1S/C23H23F3O4/c1-12-7-8-17(29-21(28)14-5-4-6-15(11-14)23(24,25)26)22(3)10-9-16-13(2)20(27)30-19(16)18(12)22/h4-7,11,16-19H,2,8-10H2,1,3H3/t16-,17+,18+,19-,22-/m0/s1. The Morgan fingerprint density at radius 3 is 2.77 bits per heavy atom. The minimum atomic E-state index is -4.54. The van der Waals surface area contributed by atoms with Crippen LogP contribution in [0.5, 0.6) is 0 Å². The molecule has 4 rings (SSSR count). The van der Waals surface area contributed by atoms with E-state index in [0.29, 0.717) is 24.8 Å². The van der Waals surface area contributed by atoms with Crippen molar-refractivity contribution < 1.29 is 32.2 Å². The number of esters is 2. The first-order chi connectivity index (χ1) is 14.0. The molecule has 0 N–H and O–H groups in total. The number of fused-ring (bicyclic) bond motifs is 3. The number of halogens is 3. The predicted octanol–water partition coefficient (Wildman–Crippen LogP) is 5.09. The van der Waals surface area contributed by atoms with Crippen LogP contribution in [-0.2, 0) is 20.4 Å². The number of hydrogen-bond donors (Lipinski definition) is 0. The Labute approximate surface area is 172 Å². The monoisotopic (exact) mass is 420 g/mol.